The van der Waals surface area contributed by atoms with E-state index in [-0.39, 0.29) is 74.7 Å². The van der Waals surface area contributed by atoms with Gasteiger partial charge in [0.05, 0.1) is 51.1 Å². The number of carbonyl (C=O) groups excluding carboxylic acids is 4. The molecule has 2 N–H and O–H groups in total. The lowest BCUT2D eigenvalue weighted by Crippen LogP contribution is -2.49. The van der Waals surface area contributed by atoms with Crippen LogP contribution in [0.1, 0.15) is 81.6 Å². The Bertz CT molecular complexity index is 658. The summed E-state index contributed by atoms with van der Waals surface area (Å²) in [6.07, 6.45) is 1.06. The van der Waals surface area contributed by atoms with Gasteiger partial charge in [0, 0.05) is 43.6 Å². The van der Waals surface area contributed by atoms with E-state index in [2.05, 4.69) is 5.32 Å². The molecule has 9 heteroatoms. The van der Waals surface area contributed by atoms with E-state index in [0.29, 0.717) is 19.3 Å². The van der Waals surface area contributed by atoms with E-state index < -0.39 is 16.9 Å². The molecule has 0 aliphatic heterocycles. The number of hydrogen-bond acceptors (Lipinski definition) is 8. The van der Waals surface area contributed by atoms with Crippen molar-refractivity contribution in [1.29, 1.82) is 0 Å². The van der Waals surface area contributed by atoms with Gasteiger partial charge in [0.15, 0.2) is 0 Å². The van der Waals surface area contributed by atoms with Gasteiger partial charge < -0.3 is 24.6 Å². The van der Waals surface area contributed by atoms with E-state index in [9.17, 15) is 19.2 Å². The quantitative estimate of drug-likeness (QED) is 0.229. The lowest BCUT2D eigenvalue weighted by molar-refractivity contribution is -0.137. The first-order valence-electron chi connectivity index (χ1n) is 13.2. The number of nitrogens with one attached hydrogen (secondary N) is 1. The van der Waals surface area contributed by atoms with Crippen molar-refractivity contribution in [2.24, 2.45) is 22.7 Å². The van der Waals surface area contributed by atoms with E-state index in [1.54, 1.807) is 13.8 Å². The molecule has 0 rings (SSSR count). The zero-order chi connectivity index (χ0) is 29.2. The van der Waals surface area contributed by atoms with E-state index in [4.69, 9.17) is 19.3 Å². The van der Waals surface area contributed by atoms with Gasteiger partial charge >= 0.3 is 0 Å². The van der Waals surface area contributed by atoms with Gasteiger partial charge in [0.1, 0.15) is 17.3 Å². The Kier molecular flexibility index (Phi) is 19.6. The lowest BCUT2D eigenvalue weighted by atomic mass is 9.87. The number of rotatable bonds is 20. The van der Waals surface area contributed by atoms with Gasteiger partial charge in [-0.2, -0.15) is 0 Å². The van der Waals surface area contributed by atoms with Crippen LogP contribution in [0.25, 0.3) is 0 Å². The third-order valence-corrected chi connectivity index (χ3v) is 5.86. The molecule has 0 aliphatic rings. The Hall–Kier alpha value is -1.68. The molecule has 0 unspecified atom stereocenters. The fourth-order valence-corrected chi connectivity index (χ4v) is 3.07. The van der Waals surface area contributed by atoms with Crippen LogP contribution in [0.4, 0.5) is 0 Å². The second-order valence-electron chi connectivity index (χ2n) is 11.1. The number of aliphatic hydroxyl groups excluding tert-OH is 1. The third-order valence-electron chi connectivity index (χ3n) is 5.86. The van der Waals surface area contributed by atoms with Crippen molar-refractivity contribution >= 4 is 23.3 Å². The summed E-state index contributed by atoms with van der Waals surface area (Å²) in [5.41, 5.74) is -1.45. The number of ether oxygens (including phenoxy) is 3. The molecule has 0 saturated carbocycles. The molecule has 0 fully saturated rings. The highest BCUT2D eigenvalue weighted by atomic mass is 16.5. The number of amides is 1. The molecule has 218 valence electrons. The Balaban J connectivity index is 0. The van der Waals surface area contributed by atoms with E-state index in [0.717, 1.165) is 7.11 Å². The van der Waals surface area contributed by atoms with E-state index in [1.807, 2.05) is 48.5 Å². The summed E-state index contributed by atoms with van der Waals surface area (Å²) >= 11 is 0. The molecule has 0 heterocycles. The predicted molar refractivity (Wildman–Crippen MR) is 144 cm³/mol. The number of hydrogen-bond donors (Lipinski definition) is 2. The number of carbonyl (C=O) groups is 4. The summed E-state index contributed by atoms with van der Waals surface area (Å²) in [7, 11) is 1.00. The highest BCUT2D eigenvalue weighted by Gasteiger charge is 2.32. The maximum Gasteiger partial charge on any atom is 0.228 e. The summed E-state index contributed by atoms with van der Waals surface area (Å²) in [5, 5.41) is 9.95. The van der Waals surface area contributed by atoms with Crippen molar-refractivity contribution in [3.05, 3.63) is 0 Å². The fourth-order valence-electron chi connectivity index (χ4n) is 3.07. The molecule has 0 aromatic carbocycles. The Morgan fingerprint density at radius 2 is 1.14 bits per heavy atom. The standard InChI is InChI=1S/C27H49NO7.CH4O/c1-10-24(31)26(6,7)17-35-18-27(8,9)25(32)28-21(15-33-13-11-22(29)19(2)3)16-34-14-12-23(30)20(4)5;1-2/h19-21H,10-18H2,1-9H3,(H,28,32);2H,1H3. The van der Waals surface area contributed by atoms with Crippen molar-refractivity contribution in [3.63, 3.8) is 0 Å². The number of aliphatic hydroxyl groups is 1. The Morgan fingerprint density at radius 3 is 1.51 bits per heavy atom. The topological polar surface area (TPSA) is 128 Å². The molecular weight excluding hydrogens is 478 g/mol. The molecule has 0 saturated heterocycles. The summed E-state index contributed by atoms with van der Waals surface area (Å²) in [6, 6.07) is -0.441. The highest BCUT2D eigenvalue weighted by Crippen LogP contribution is 2.22. The van der Waals surface area contributed by atoms with Crippen LogP contribution in [0.5, 0.6) is 0 Å². The second-order valence-corrected chi connectivity index (χ2v) is 11.1. The van der Waals surface area contributed by atoms with Crippen LogP contribution in [0, 0.1) is 22.7 Å². The zero-order valence-electron chi connectivity index (χ0n) is 24.9. The third kappa shape index (κ3) is 16.7. The molecule has 1 amide bonds. The van der Waals surface area contributed by atoms with E-state index in [1.165, 1.54) is 0 Å². The number of ketones is 3. The van der Waals surface area contributed by atoms with Gasteiger partial charge in [-0.15, -0.1) is 0 Å². The largest absolute Gasteiger partial charge is 0.400 e. The van der Waals surface area contributed by atoms with Gasteiger partial charge in [-0.1, -0.05) is 48.5 Å². The Morgan fingerprint density at radius 1 is 0.730 bits per heavy atom. The first kappa shape index (κ1) is 37.5. The highest BCUT2D eigenvalue weighted by molar-refractivity contribution is 5.84. The SMILES string of the molecule is CCC(=O)C(C)(C)COCC(C)(C)C(=O)NC(COCCC(=O)C(C)C)COCCC(=O)C(C)C.CO. The van der Waals surface area contributed by atoms with Crippen molar-refractivity contribution < 1.29 is 38.5 Å². The van der Waals surface area contributed by atoms with Crippen molar-refractivity contribution in [2.45, 2.75) is 87.6 Å². The summed E-state index contributed by atoms with van der Waals surface area (Å²) in [5.74, 6) is 0.0316. The van der Waals surface area contributed by atoms with Gasteiger partial charge in [0.25, 0.3) is 0 Å². The lowest BCUT2D eigenvalue weighted by Gasteiger charge is -2.29. The van der Waals surface area contributed by atoms with Crippen LogP contribution in [0.2, 0.25) is 0 Å². The molecule has 0 atom stereocenters. The van der Waals surface area contributed by atoms with Crippen molar-refractivity contribution in [3.8, 4) is 0 Å². The number of Topliss-reactive ketones (excluding diaryl/α,β-unsaturated/α-hetero) is 3. The van der Waals surface area contributed by atoms with Crippen LogP contribution >= 0.6 is 0 Å². The zero-order valence-corrected chi connectivity index (χ0v) is 24.9. The maximum absolute atomic E-state index is 13.0. The minimum Gasteiger partial charge on any atom is -0.400 e. The monoisotopic (exact) mass is 531 g/mol. The Labute approximate surface area is 224 Å². The average Bonchev–Trinajstić information content (AvgIpc) is 2.83. The van der Waals surface area contributed by atoms with Crippen LogP contribution in [0.15, 0.2) is 0 Å². The van der Waals surface area contributed by atoms with Gasteiger partial charge in [-0.25, -0.2) is 0 Å². The second kappa shape index (κ2) is 19.4. The molecule has 0 aromatic heterocycles. The van der Waals surface area contributed by atoms with Gasteiger partial charge in [-0.3, -0.25) is 19.2 Å². The van der Waals surface area contributed by atoms with Crippen molar-refractivity contribution in [2.75, 3.05) is 46.8 Å². The predicted octanol–water partition coefficient (Wildman–Crippen LogP) is 3.39. The minimum absolute atomic E-state index is 0.0469. The van der Waals surface area contributed by atoms with Gasteiger partial charge in [-0.05, 0) is 13.8 Å². The smallest absolute Gasteiger partial charge is 0.228 e. The first-order valence-corrected chi connectivity index (χ1v) is 13.2. The summed E-state index contributed by atoms with van der Waals surface area (Å²) < 4.78 is 17.1. The summed E-state index contributed by atoms with van der Waals surface area (Å²) in [4.78, 5) is 48.7. The minimum atomic E-state index is -0.842. The molecule has 0 spiro atoms. The van der Waals surface area contributed by atoms with Crippen molar-refractivity contribution in [1.82, 2.24) is 5.32 Å². The average molecular weight is 532 g/mol. The van der Waals surface area contributed by atoms with Crippen LogP contribution < -0.4 is 5.32 Å². The van der Waals surface area contributed by atoms with E-state index >= 15 is 0 Å². The van der Waals surface area contributed by atoms with Gasteiger partial charge in [0.2, 0.25) is 5.91 Å². The molecule has 0 aliphatic carbocycles. The fraction of sp³-hybridized carbons (Fsp3) is 0.857. The normalized spacial score (nSPS) is 11.9. The molecular formula is C28H53NO8. The molecule has 0 aromatic rings. The summed E-state index contributed by atoms with van der Waals surface area (Å²) in [6.45, 7) is 17.7. The molecule has 0 radical (unpaired) electrons. The molecule has 37 heavy (non-hydrogen) atoms. The first-order chi connectivity index (χ1) is 17.1. The maximum atomic E-state index is 13.0. The molecule has 9 nitrogen and oxygen atoms in total. The van der Waals surface area contributed by atoms with Crippen LogP contribution in [-0.4, -0.2) is 81.2 Å². The van der Waals surface area contributed by atoms with Crippen LogP contribution in [0.3, 0.4) is 0 Å². The van der Waals surface area contributed by atoms with Crippen LogP contribution in [-0.2, 0) is 33.4 Å². The molecule has 0 bridgehead atoms.